The Morgan fingerprint density at radius 3 is 2.52 bits per heavy atom. The van der Waals surface area contributed by atoms with Crippen LogP contribution in [0.1, 0.15) is 15.2 Å². The fourth-order valence-electron chi connectivity index (χ4n) is 2.55. The molecule has 128 valence electrons. The second-order valence-corrected chi connectivity index (χ2v) is 6.76. The molecule has 0 atom stereocenters. The van der Waals surface area contributed by atoms with Gasteiger partial charge in [0.15, 0.2) is 0 Å². The molecule has 2 heterocycles. The number of carboxylic acid groups (broad SMARTS) is 1. The minimum Gasteiger partial charge on any atom is -0.480 e. The van der Waals surface area contributed by atoms with Crippen molar-refractivity contribution in [2.45, 2.75) is 13.5 Å². The smallest absolute Gasteiger partial charge is 0.323 e. The lowest BCUT2D eigenvalue weighted by Crippen LogP contribution is -2.27. The molecular formula is C16H12ClN3O4S. The Labute approximate surface area is 150 Å². The second kappa shape index (κ2) is 6.30. The van der Waals surface area contributed by atoms with Gasteiger partial charge in [0, 0.05) is 10.6 Å². The molecule has 7 nitrogen and oxygen atoms in total. The Morgan fingerprint density at radius 2 is 1.96 bits per heavy atom. The topological polar surface area (TPSA) is 115 Å². The number of aryl methyl sites for hydroxylation is 1. The Kier molecular flexibility index (Phi) is 4.32. The van der Waals surface area contributed by atoms with E-state index < -0.39 is 24.0 Å². The first-order valence-electron chi connectivity index (χ1n) is 7.11. The average molecular weight is 378 g/mol. The van der Waals surface area contributed by atoms with Gasteiger partial charge in [-0.15, -0.1) is 11.3 Å². The molecule has 2 aromatic heterocycles. The summed E-state index contributed by atoms with van der Waals surface area (Å²) in [6, 6.07) is 6.52. The molecule has 3 aromatic rings. The van der Waals surface area contributed by atoms with Crippen molar-refractivity contribution in [1.82, 2.24) is 9.55 Å². The Hall–Kier alpha value is -2.71. The van der Waals surface area contributed by atoms with Gasteiger partial charge in [-0.2, -0.15) is 0 Å². The number of amides is 1. The van der Waals surface area contributed by atoms with Gasteiger partial charge in [0.1, 0.15) is 17.2 Å². The molecule has 0 aliphatic heterocycles. The third-order valence-electron chi connectivity index (χ3n) is 3.67. The highest BCUT2D eigenvalue weighted by Crippen LogP contribution is 2.29. The van der Waals surface area contributed by atoms with E-state index in [4.69, 9.17) is 22.4 Å². The van der Waals surface area contributed by atoms with Gasteiger partial charge < -0.3 is 10.8 Å². The van der Waals surface area contributed by atoms with Crippen molar-refractivity contribution >= 4 is 45.0 Å². The first kappa shape index (κ1) is 17.1. The fourth-order valence-corrected chi connectivity index (χ4v) is 3.70. The van der Waals surface area contributed by atoms with Crippen molar-refractivity contribution in [1.29, 1.82) is 0 Å². The van der Waals surface area contributed by atoms with Crippen LogP contribution >= 0.6 is 22.9 Å². The first-order valence-corrected chi connectivity index (χ1v) is 8.30. The number of fused-ring (bicyclic) bond motifs is 1. The zero-order valence-electron chi connectivity index (χ0n) is 12.9. The number of hydrogen-bond acceptors (Lipinski definition) is 5. The lowest BCUT2D eigenvalue weighted by Gasteiger charge is -2.11. The van der Waals surface area contributed by atoms with Crippen LogP contribution in [-0.2, 0) is 11.3 Å². The molecule has 1 aromatic carbocycles. The van der Waals surface area contributed by atoms with Crippen LogP contribution in [0, 0.1) is 6.92 Å². The maximum atomic E-state index is 12.9. The molecule has 0 radical (unpaired) electrons. The zero-order valence-corrected chi connectivity index (χ0v) is 14.5. The molecular weight excluding hydrogens is 366 g/mol. The molecule has 9 heteroatoms. The van der Waals surface area contributed by atoms with Crippen LogP contribution in [0.2, 0.25) is 5.02 Å². The molecule has 0 spiro atoms. The standard InChI is InChI=1S/C16H12ClN3O4S/c1-7-11-15(25-12(7)13(18)23)19-14(8-2-4-9(17)5-3-8)20(16(11)24)6-10(21)22/h2-5H,6H2,1H3,(H2,18,23)(H,21,22). The van der Waals surface area contributed by atoms with Gasteiger partial charge in [0.2, 0.25) is 0 Å². The quantitative estimate of drug-likeness (QED) is 0.723. The number of nitrogens with zero attached hydrogens (tertiary/aromatic N) is 2. The van der Waals surface area contributed by atoms with E-state index in [1.165, 1.54) is 0 Å². The summed E-state index contributed by atoms with van der Waals surface area (Å²) in [6.45, 7) is 1.04. The van der Waals surface area contributed by atoms with Crippen LogP contribution in [0.5, 0.6) is 0 Å². The number of rotatable bonds is 4. The van der Waals surface area contributed by atoms with Crippen molar-refractivity contribution in [3.05, 3.63) is 50.1 Å². The highest BCUT2D eigenvalue weighted by atomic mass is 35.5. The molecule has 3 rings (SSSR count). The first-order chi connectivity index (χ1) is 11.8. The number of carboxylic acids is 1. The highest BCUT2D eigenvalue weighted by molar-refractivity contribution is 7.20. The Bertz CT molecular complexity index is 1070. The number of benzene rings is 1. The lowest BCUT2D eigenvalue weighted by molar-refractivity contribution is -0.137. The predicted molar refractivity (Wildman–Crippen MR) is 95.2 cm³/mol. The van der Waals surface area contributed by atoms with E-state index in [9.17, 15) is 14.4 Å². The molecule has 0 saturated carbocycles. The van der Waals surface area contributed by atoms with Gasteiger partial charge >= 0.3 is 5.97 Å². The van der Waals surface area contributed by atoms with E-state index >= 15 is 0 Å². The molecule has 0 fully saturated rings. The summed E-state index contributed by atoms with van der Waals surface area (Å²) < 4.78 is 1.07. The van der Waals surface area contributed by atoms with Crippen LogP contribution in [0.4, 0.5) is 0 Å². The summed E-state index contributed by atoms with van der Waals surface area (Å²) in [5.41, 5.74) is 5.76. The second-order valence-electron chi connectivity index (χ2n) is 5.33. The zero-order chi connectivity index (χ0) is 18.3. The highest BCUT2D eigenvalue weighted by Gasteiger charge is 2.21. The minimum atomic E-state index is -1.18. The summed E-state index contributed by atoms with van der Waals surface area (Å²) in [6.07, 6.45) is 0. The van der Waals surface area contributed by atoms with Crippen LogP contribution in [0.15, 0.2) is 29.1 Å². The molecule has 0 aliphatic rings. The molecule has 3 N–H and O–H groups in total. The average Bonchev–Trinajstić information content (AvgIpc) is 2.88. The number of halogens is 1. The number of aliphatic carboxylic acids is 1. The summed E-state index contributed by atoms with van der Waals surface area (Å²) in [5.74, 6) is -1.65. The Morgan fingerprint density at radius 1 is 1.32 bits per heavy atom. The number of aromatic nitrogens is 2. The van der Waals surface area contributed by atoms with Crippen molar-refractivity contribution in [3.8, 4) is 11.4 Å². The molecule has 1 amide bonds. The summed E-state index contributed by atoms with van der Waals surface area (Å²) in [4.78, 5) is 40.6. The summed E-state index contributed by atoms with van der Waals surface area (Å²) in [5, 5.41) is 9.87. The SMILES string of the molecule is Cc1c(C(N)=O)sc2nc(-c3ccc(Cl)cc3)n(CC(=O)O)c(=O)c12. The minimum absolute atomic E-state index is 0.189. The van der Waals surface area contributed by atoms with Gasteiger partial charge in [-0.3, -0.25) is 19.0 Å². The number of nitrogens with two attached hydrogens (primary N) is 1. The van der Waals surface area contributed by atoms with Crippen LogP contribution < -0.4 is 11.3 Å². The molecule has 0 unspecified atom stereocenters. The number of carbonyl (C=O) groups excluding carboxylic acids is 1. The van der Waals surface area contributed by atoms with E-state index in [2.05, 4.69) is 4.98 Å². The van der Waals surface area contributed by atoms with E-state index in [1.54, 1.807) is 31.2 Å². The van der Waals surface area contributed by atoms with Crippen LogP contribution in [0.25, 0.3) is 21.6 Å². The van der Waals surface area contributed by atoms with Gasteiger partial charge in [0.25, 0.3) is 11.5 Å². The summed E-state index contributed by atoms with van der Waals surface area (Å²) in [7, 11) is 0. The van der Waals surface area contributed by atoms with E-state index in [0.717, 1.165) is 15.9 Å². The van der Waals surface area contributed by atoms with Crippen LogP contribution in [-0.4, -0.2) is 26.5 Å². The Balaban J connectivity index is 2.38. The van der Waals surface area contributed by atoms with Crippen molar-refractivity contribution < 1.29 is 14.7 Å². The third-order valence-corrected chi connectivity index (χ3v) is 5.12. The molecule has 25 heavy (non-hydrogen) atoms. The third kappa shape index (κ3) is 3.01. The fraction of sp³-hybridized carbons (Fsp3) is 0.125. The van der Waals surface area contributed by atoms with E-state index in [1.807, 2.05) is 0 Å². The van der Waals surface area contributed by atoms with Gasteiger partial charge in [-0.25, -0.2) is 4.98 Å². The molecule has 0 saturated heterocycles. The number of primary amides is 1. The monoisotopic (exact) mass is 377 g/mol. The van der Waals surface area contributed by atoms with Gasteiger partial charge in [-0.05, 0) is 36.8 Å². The maximum absolute atomic E-state index is 12.9. The number of hydrogen-bond donors (Lipinski definition) is 2. The van der Waals surface area contributed by atoms with Crippen molar-refractivity contribution in [3.63, 3.8) is 0 Å². The predicted octanol–water partition coefficient (Wildman–Crippen LogP) is 2.27. The van der Waals surface area contributed by atoms with Gasteiger partial charge in [0.05, 0.1) is 10.3 Å². The molecule has 0 bridgehead atoms. The van der Waals surface area contributed by atoms with E-state index in [0.29, 0.717) is 21.0 Å². The summed E-state index contributed by atoms with van der Waals surface area (Å²) >= 11 is 6.89. The van der Waals surface area contributed by atoms with Crippen molar-refractivity contribution in [2.24, 2.45) is 5.73 Å². The largest absolute Gasteiger partial charge is 0.480 e. The normalized spacial score (nSPS) is 11.0. The maximum Gasteiger partial charge on any atom is 0.323 e. The van der Waals surface area contributed by atoms with Gasteiger partial charge in [-0.1, -0.05) is 11.6 Å². The number of thiophene rings is 1. The van der Waals surface area contributed by atoms with Crippen LogP contribution in [0.3, 0.4) is 0 Å². The van der Waals surface area contributed by atoms with E-state index in [-0.39, 0.29) is 16.1 Å². The number of carbonyl (C=O) groups is 2. The lowest BCUT2D eigenvalue weighted by atomic mass is 10.1. The van der Waals surface area contributed by atoms with Crippen molar-refractivity contribution in [2.75, 3.05) is 0 Å². The molecule has 0 aliphatic carbocycles.